The van der Waals surface area contributed by atoms with Gasteiger partial charge in [-0.05, 0) is 42.9 Å². The Morgan fingerprint density at radius 2 is 1.88 bits per heavy atom. The van der Waals surface area contributed by atoms with Crippen LogP contribution in [0, 0.1) is 5.82 Å². The first-order chi connectivity index (χ1) is 16.5. The van der Waals surface area contributed by atoms with Crippen LogP contribution in [0.15, 0.2) is 71.7 Å². The Morgan fingerprint density at radius 1 is 1.12 bits per heavy atom. The lowest BCUT2D eigenvalue weighted by Crippen LogP contribution is -2.60. The van der Waals surface area contributed by atoms with Crippen molar-refractivity contribution in [2.75, 3.05) is 20.1 Å². The van der Waals surface area contributed by atoms with Crippen molar-refractivity contribution in [2.24, 2.45) is 0 Å². The third-order valence-electron chi connectivity index (χ3n) is 6.32. The first-order valence-corrected chi connectivity index (χ1v) is 11.1. The van der Waals surface area contributed by atoms with E-state index >= 15 is 0 Å². The zero-order valence-electron chi connectivity index (χ0n) is 18.7. The van der Waals surface area contributed by atoms with Crippen molar-refractivity contribution in [3.05, 3.63) is 106 Å². The van der Waals surface area contributed by atoms with Gasteiger partial charge in [-0.1, -0.05) is 30.3 Å². The van der Waals surface area contributed by atoms with Gasteiger partial charge in [0.25, 0.3) is 11.5 Å². The number of pyridine rings is 1. The summed E-state index contributed by atoms with van der Waals surface area (Å²) in [5, 5.41) is 7.99. The summed E-state index contributed by atoms with van der Waals surface area (Å²) in [6, 6.07) is 17.8. The molecule has 0 radical (unpaired) electrons. The van der Waals surface area contributed by atoms with Gasteiger partial charge >= 0.3 is 0 Å². The molecule has 0 spiro atoms. The van der Waals surface area contributed by atoms with E-state index in [2.05, 4.69) is 20.1 Å². The van der Waals surface area contributed by atoms with Crippen LogP contribution >= 0.6 is 0 Å². The van der Waals surface area contributed by atoms with E-state index in [0.29, 0.717) is 37.1 Å². The largest absolute Gasteiger partial charge is 0.335 e. The van der Waals surface area contributed by atoms with Gasteiger partial charge in [-0.15, -0.1) is 0 Å². The molecule has 0 atom stereocenters. The van der Waals surface area contributed by atoms with E-state index in [0.717, 1.165) is 16.6 Å². The van der Waals surface area contributed by atoms with Gasteiger partial charge in [-0.2, -0.15) is 5.10 Å². The van der Waals surface area contributed by atoms with Gasteiger partial charge in [0.15, 0.2) is 0 Å². The van der Waals surface area contributed by atoms with Crippen LogP contribution in [-0.2, 0) is 13.0 Å². The molecule has 1 fully saturated rings. The second kappa shape index (κ2) is 9.15. The first-order valence-electron chi connectivity index (χ1n) is 11.1. The summed E-state index contributed by atoms with van der Waals surface area (Å²) >= 11 is 0. The highest BCUT2D eigenvalue weighted by Crippen LogP contribution is 2.23. The molecular formula is C26H24FN5O2. The molecule has 4 aromatic rings. The Balaban J connectivity index is 1.29. The van der Waals surface area contributed by atoms with Crippen molar-refractivity contribution in [3.63, 3.8) is 0 Å². The van der Waals surface area contributed by atoms with Gasteiger partial charge in [-0.3, -0.25) is 19.5 Å². The zero-order chi connectivity index (χ0) is 23.7. The molecule has 7 nitrogen and oxygen atoms in total. The van der Waals surface area contributed by atoms with E-state index in [1.54, 1.807) is 35.4 Å². The minimum absolute atomic E-state index is 0.0528. The molecule has 1 amide bonds. The fourth-order valence-corrected chi connectivity index (χ4v) is 4.29. The van der Waals surface area contributed by atoms with Crippen LogP contribution in [0.3, 0.4) is 0 Å². The van der Waals surface area contributed by atoms with Crippen molar-refractivity contribution < 1.29 is 9.18 Å². The lowest BCUT2D eigenvalue weighted by atomic mass is 10.00. The molecule has 34 heavy (non-hydrogen) atoms. The van der Waals surface area contributed by atoms with Crippen molar-refractivity contribution in [3.8, 4) is 0 Å². The molecule has 0 aliphatic carbocycles. The Hall–Kier alpha value is -3.91. The minimum atomic E-state index is -0.543. The zero-order valence-corrected chi connectivity index (χ0v) is 18.7. The highest BCUT2D eigenvalue weighted by molar-refractivity contribution is 5.95. The van der Waals surface area contributed by atoms with Crippen LogP contribution in [0.4, 0.5) is 4.39 Å². The number of halogens is 1. The summed E-state index contributed by atoms with van der Waals surface area (Å²) in [6.45, 7) is 1.77. The summed E-state index contributed by atoms with van der Waals surface area (Å²) in [6.07, 6.45) is 2.13. The van der Waals surface area contributed by atoms with Crippen LogP contribution in [0.25, 0.3) is 10.8 Å². The fourth-order valence-electron chi connectivity index (χ4n) is 4.29. The van der Waals surface area contributed by atoms with Crippen LogP contribution < -0.4 is 5.56 Å². The summed E-state index contributed by atoms with van der Waals surface area (Å²) in [7, 11) is 2.00. The predicted octanol–water partition coefficient (Wildman–Crippen LogP) is 3.00. The maximum Gasteiger partial charge on any atom is 0.272 e. The number of likely N-dealkylation sites (tertiary alicyclic amines) is 1. The standard InChI is InChI=1S/C26H24FN5O2/c1-31(14-18-6-4-5-11-28-18)19-15-32(16-19)26(34)22-12-17(9-10-23(22)27)13-24-20-7-2-3-8-21(20)25(33)30-29-24/h2-12,19H,13-16H2,1H3,(H,30,33). The van der Waals surface area contributed by atoms with E-state index in [9.17, 15) is 14.0 Å². The van der Waals surface area contributed by atoms with Crippen LogP contribution in [0.5, 0.6) is 0 Å². The summed E-state index contributed by atoms with van der Waals surface area (Å²) in [5.74, 6) is -0.862. The molecule has 1 N–H and O–H groups in total. The Bertz CT molecular complexity index is 1400. The van der Waals surface area contributed by atoms with Gasteiger partial charge in [0.05, 0.1) is 22.3 Å². The number of hydrogen-bond acceptors (Lipinski definition) is 5. The molecule has 2 aromatic carbocycles. The summed E-state index contributed by atoms with van der Waals surface area (Å²) in [5.41, 5.74) is 2.18. The number of aromatic amines is 1. The van der Waals surface area contributed by atoms with Gasteiger partial charge in [0.2, 0.25) is 0 Å². The molecule has 2 aromatic heterocycles. The number of hydrogen-bond donors (Lipinski definition) is 1. The Morgan fingerprint density at radius 3 is 2.65 bits per heavy atom. The molecule has 172 valence electrons. The number of nitrogens with zero attached hydrogens (tertiary/aromatic N) is 4. The third kappa shape index (κ3) is 4.32. The number of amides is 1. The number of carbonyl (C=O) groups is 1. The highest BCUT2D eigenvalue weighted by Gasteiger charge is 2.34. The van der Waals surface area contributed by atoms with Gasteiger partial charge in [-0.25, -0.2) is 9.49 Å². The van der Waals surface area contributed by atoms with Crippen molar-refractivity contribution in [1.82, 2.24) is 25.0 Å². The molecule has 5 rings (SSSR count). The van der Waals surface area contributed by atoms with Gasteiger partial charge < -0.3 is 4.90 Å². The Labute approximate surface area is 195 Å². The van der Waals surface area contributed by atoms with E-state index in [1.165, 1.54) is 6.07 Å². The molecular weight excluding hydrogens is 433 g/mol. The lowest BCUT2D eigenvalue weighted by molar-refractivity contribution is 0.0314. The summed E-state index contributed by atoms with van der Waals surface area (Å²) < 4.78 is 14.6. The second-order valence-electron chi connectivity index (χ2n) is 8.64. The minimum Gasteiger partial charge on any atom is -0.335 e. The summed E-state index contributed by atoms with van der Waals surface area (Å²) in [4.78, 5) is 33.2. The topological polar surface area (TPSA) is 82.2 Å². The second-order valence-corrected chi connectivity index (χ2v) is 8.64. The van der Waals surface area contributed by atoms with Crippen LogP contribution in [0.1, 0.15) is 27.3 Å². The highest BCUT2D eigenvalue weighted by atomic mass is 19.1. The number of H-pyrrole nitrogens is 1. The van der Waals surface area contributed by atoms with Crippen molar-refractivity contribution in [1.29, 1.82) is 0 Å². The molecule has 1 aliphatic rings. The van der Waals surface area contributed by atoms with E-state index in [-0.39, 0.29) is 23.1 Å². The first kappa shape index (κ1) is 21.9. The van der Waals surface area contributed by atoms with Crippen molar-refractivity contribution >= 4 is 16.7 Å². The average Bonchev–Trinajstić information content (AvgIpc) is 2.82. The van der Waals surface area contributed by atoms with E-state index in [1.807, 2.05) is 37.4 Å². The quantitative estimate of drug-likeness (QED) is 0.481. The molecule has 1 aliphatic heterocycles. The van der Waals surface area contributed by atoms with E-state index < -0.39 is 5.82 Å². The van der Waals surface area contributed by atoms with Gasteiger partial charge in [0, 0.05) is 43.7 Å². The molecule has 3 heterocycles. The molecule has 0 unspecified atom stereocenters. The molecule has 8 heteroatoms. The molecule has 0 saturated carbocycles. The number of benzene rings is 2. The maximum absolute atomic E-state index is 14.6. The lowest BCUT2D eigenvalue weighted by Gasteiger charge is -2.44. The number of carbonyl (C=O) groups excluding carboxylic acids is 1. The maximum atomic E-state index is 14.6. The smallest absolute Gasteiger partial charge is 0.272 e. The van der Waals surface area contributed by atoms with Crippen molar-refractivity contribution in [2.45, 2.75) is 19.0 Å². The SMILES string of the molecule is CN(Cc1ccccn1)C1CN(C(=O)c2cc(Cc3n[nH]c(=O)c4ccccc34)ccc2F)C1. The monoisotopic (exact) mass is 457 g/mol. The number of nitrogens with one attached hydrogen (secondary N) is 1. The number of fused-ring (bicyclic) bond motifs is 1. The number of likely N-dealkylation sites (N-methyl/N-ethyl adjacent to an activating group) is 1. The fraction of sp³-hybridized carbons (Fsp3) is 0.231. The molecule has 0 bridgehead atoms. The number of aromatic nitrogens is 3. The van der Waals surface area contributed by atoms with Crippen LogP contribution in [0.2, 0.25) is 0 Å². The van der Waals surface area contributed by atoms with Crippen LogP contribution in [-0.4, -0.2) is 57.1 Å². The van der Waals surface area contributed by atoms with Gasteiger partial charge in [0.1, 0.15) is 5.82 Å². The average molecular weight is 458 g/mol. The normalized spacial score (nSPS) is 13.9. The predicted molar refractivity (Wildman–Crippen MR) is 127 cm³/mol. The Kier molecular flexibility index (Phi) is 5.90. The third-order valence-corrected chi connectivity index (χ3v) is 6.32. The number of rotatable bonds is 6. The van der Waals surface area contributed by atoms with E-state index in [4.69, 9.17) is 0 Å². The molecule has 1 saturated heterocycles.